The molecule has 0 N–H and O–H groups in total. The second kappa shape index (κ2) is 4.21. The highest BCUT2D eigenvalue weighted by Crippen LogP contribution is 2.49. The molecule has 0 saturated heterocycles. The lowest BCUT2D eigenvalue weighted by molar-refractivity contribution is -0.150. The van der Waals surface area contributed by atoms with Crippen molar-refractivity contribution in [2.75, 3.05) is 0 Å². The maximum absolute atomic E-state index is 12.0. The smallest absolute Gasteiger partial charge is 0.316 e. The van der Waals surface area contributed by atoms with Crippen LogP contribution >= 0.6 is 15.9 Å². The number of carbonyl (C=O) groups is 1. The van der Waals surface area contributed by atoms with Crippen molar-refractivity contribution in [3.05, 3.63) is 34.3 Å². The van der Waals surface area contributed by atoms with Crippen LogP contribution in [0.3, 0.4) is 0 Å². The molecule has 0 heterocycles. The first kappa shape index (κ1) is 11.6. The van der Waals surface area contributed by atoms with Gasteiger partial charge in [0.2, 0.25) is 0 Å². The summed E-state index contributed by atoms with van der Waals surface area (Å²) < 4.78 is 6.34. The predicted molar refractivity (Wildman–Crippen MR) is 66.3 cm³/mol. The molecule has 0 aliphatic heterocycles. The van der Waals surface area contributed by atoms with Crippen LogP contribution in [0, 0.1) is 0 Å². The van der Waals surface area contributed by atoms with Crippen molar-refractivity contribution in [2.24, 2.45) is 0 Å². The molecule has 16 heavy (non-hydrogen) atoms. The maximum atomic E-state index is 12.0. The summed E-state index contributed by atoms with van der Waals surface area (Å²) in [5, 5.41) is 0. The van der Waals surface area contributed by atoms with E-state index in [4.69, 9.17) is 4.74 Å². The molecule has 0 amide bonds. The molecule has 1 saturated carbocycles. The highest BCUT2D eigenvalue weighted by molar-refractivity contribution is 9.10. The summed E-state index contributed by atoms with van der Waals surface area (Å²) in [4.78, 5) is 12.0. The molecule has 1 aliphatic rings. The van der Waals surface area contributed by atoms with Gasteiger partial charge in [0.15, 0.2) is 0 Å². The van der Waals surface area contributed by atoms with Crippen molar-refractivity contribution in [3.63, 3.8) is 0 Å². The number of hydrogen-bond donors (Lipinski definition) is 0. The largest absolute Gasteiger partial charge is 0.462 e. The molecule has 1 fully saturated rings. The van der Waals surface area contributed by atoms with Crippen LogP contribution in [0.2, 0.25) is 0 Å². The summed E-state index contributed by atoms with van der Waals surface area (Å²) in [5.41, 5.74) is 0.715. The van der Waals surface area contributed by atoms with E-state index < -0.39 is 0 Å². The zero-order valence-corrected chi connectivity index (χ0v) is 11.1. The van der Waals surface area contributed by atoms with Crippen LogP contribution in [0.1, 0.15) is 32.3 Å². The third-order valence-electron chi connectivity index (χ3n) is 2.88. The van der Waals surface area contributed by atoms with Crippen molar-refractivity contribution < 1.29 is 9.53 Å². The van der Waals surface area contributed by atoms with Gasteiger partial charge >= 0.3 is 5.97 Å². The second-order valence-electron chi connectivity index (χ2n) is 4.54. The molecule has 3 heteroatoms. The zero-order chi connectivity index (χ0) is 11.8. The fourth-order valence-corrected chi connectivity index (χ4v) is 2.10. The van der Waals surface area contributed by atoms with Gasteiger partial charge in [-0.3, -0.25) is 4.79 Å². The van der Waals surface area contributed by atoms with E-state index >= 15 is 0 Å². The Hall–Kier alpha value is -0.830. The van der Waals surface area contributed by atoms with Gasteiger partial charge in [0.1, 0.15) is 0 Å². The number of esters is 1. The highest BCUT2D eigenvalue weighted by Gasteiger charge is 2.52. The fraction of sp³-hybridized carbons (Fsp3) is 0.462. The van der Waals surface area contributed by atoms with E-state index in [9.17, 15) is 4.79 Å². The summed E-state index contributed by atoms with van der Waals surface area (Å²) in [5.74, 6) is -0.0789. The van der Waals surface area contributed by atoms with Crippen molar-refractivity contribution in [1.29, 1.82) is 0 Å². The Morgan fingerprint density at radius 1 is 1.31 bits per heavy atom. The van der Waals surface area contributed by atoms with Crippen molar-refractivity contribution in [3.8, 4) is 0 Å². The van der Waals surface area contributed by atoms with E-state index in [0.717, 1.165) is 22.9 Å². The van der Waals surface area contributed by atoms with Gasteiger partial charge in [-0.1, -0.05) is 28.1 Å². The average Bonchev–Trinajstić information content (AvgIpc) is 2.98. The lowest BCUT2D eigenvalue weighted by Crippen LogP contribution is -2.25. The summed E-state index contributed by atoms with van der Waals surface area (Å²) in [7, 11) is 0. The molecule has 0 radical (unpaired) electrons. The Labute approximate surface area is 104 Å². The maximum Gasteiger partial charge on any atom is 0.316 e. The van der Waals surface area contributed by atoms with Gasteiger partial charge < -0.3 is 4.74 Å². The predicted octanol–water partition coefficient (Wildman–Crippen LogP) is 3.43. The Morgan fingerprint density at radius 2 is 1.88 bits per heavy atom. The van der Waals surface area contributed by atoms with Gasteiger partial charge in [-0.25, -0.2) is 0 Å². The highest BCUT2D eigenvalue weighted by atomic mass is 79.9. The average molecular weight is 283 g/mol. The third-order valence-corrected chi connectivity index (χ3v) is 3.41. The van der Waals surface area contributed by atoms with Crippen LogP contribution in [-0.2, 0) is 14.9 Å². The van der Waals surface area contributed by atoms with Crippen LogP contribution in [0.4, 0.5) is 0 Å². The Balaban J connectivity index is 2.19. The minimum Gasteiger partial charge on any atom is -0.462 e. The van der Waals surface area contributed by atoms with Gasteiger partial charge in [-0.15, -0.1) is 0 Å². The molecule has 0 spiro atoms. The second-order valence-corrected chi connectivity index (χ2v) is 5.46. The molecule has 1 aliphatic carbocycles. The zero-order valence-electron chi connectivity index (χ0n) is 9.50. The Morgan fingerprint density at radius 3 is 2.31 bits per heavy atom. The van der Waals surface area contributed by atoms with Crippen molar-refractivity contribution >= 4 is 21.9 Å². The molecule has 2 nitrogen and oxygen atoms in total. The standard InChI is InChI=1S/C13H15BrO2/c1-9(2)16-12(15)13(7-8-13)10-3-5-11(14)6-4-10/h3-6,9H,7-8H2,1-2H3. The number of halogens is 1. The summed E-state index contributed by atoms with van der Waals surface area (Å²) in [6, 6.07) is 7.94. The lowest BCUT2D eigenvalue weighted by atomic mass is 9.96. The molecule has 86 valence electrons. The van der Waals surface area contributed by atoms with E-state index in [2.05, 4.69) is 15.9 Å². The first-order valence-electron chi connectivity index (χ1n) is 5.52. The lowest BCUT2D eigenvalue weighted by Gasteiger charge is -2.16. The summed E-state index contributed by atoms with van der Waals surface area (Å²) >= 11 is 3.39. The molecule has 0 unspecified atom stereocenters. The molecule has 2 rings (SSSR count). The molecule has 0 atom stereocenters. The van der Waals surface area contributed by atoms with Crippen molar-refractivity contribution in [2.45, 2.75) is 38.2 Å². The van der Waals surface area contributed by atoms with Gasteiger partial charge in [-0.2, -0.15) is 0 Å². The van der Waals surface area contributed by atoms with Gasteiger partial charge in [-0.05, 0) is 44.4 Å². The molecular formula is C13H15BrO2. The van der Waals surface area contributed by atoms with E-state index in [-0.39, 0.29) is 17.5 Å². The fourth-order valence-electron chi connectivity index (χ4n) is 1.83. The molecule has 0 aromatic heterocycles. The van der Waals surface area contributed by atoms with E-state index in [0.29, 0.717) is 0 Å². The van der Waals surface area contributed by atoms with E-state index in [1.807, 2.05) is 38.1 Å². The molecular weight excluding hydrogens is 268 g/mol. The first-order valence-corrected chi connectivity index (χ1v) is 6.31. The van der Waals surface area contributed by atoms with Crippen LogP contribution in [0.25, 0.3) is 0 Å². The van der Waals surface area contributed by atoms with Crippen molar-refractivity contribution in [1.82, 2.24) is 0 Å². The van der Waals surface area contributed by atoms with Crippen LogP contribution < -0.4 is 0 Å². The van der Waals surface area contributed by atoms with Crippen LogP contribution in [-0.4, -0.2) is 12.1 Å². The Kier molecular flexibility index (Phi) is 3.06. The molecule has 1 aromatic carbocycles. The van der Waals surface area contributed by atoms with Gasteiger partial charge in [0.05, 0.1) is 11.5 Å². The van der Waals surface area contributed by atoms with E-state index in [1.54, 1.807) is 0 Å². The van der Waals surface area contributed by atoms with Crippen LogP contribution in [0.15, 0.2) is 28.7 Å². The van der Waals surface area contributed by atoms with E-state index in [1.165, 1.54) is 0 Å². The summed E-state index contributed by atoms with van der Waals surface area (Å²) in [6.07, 6.45) is 1.76. The number of carbonyl (C=O) groups excluding carboxylic acids is 1. The number of benzene rings is 1. The summed E-state index contributed by atoms with van der Waals surface area (Å²) in [6.45, 7) is 3.77. The minimum atomic E-state index is -0.356. The minimum absolute atomic E-state index is 0.0413. The Bertz CT molecular complexity index is 391. The molecule has 1 aromatic rings. The third kappa shape index (κ3) is 2.14. The van der Waals surface area contributed by atoms with Gasteiger partial charge in [0.25, 0.3) is 0 Å². The first-order chi connectivity index (χ1) is 7.54. The van der Waals surface area contributed by atoms with Crippen LogP contribution in [0.5, 0.6) is 0 Å². The number of hydrogen-bond acceptors (Lipinski definition) is 2. The SMILES string of the molecule is CC(C)OC(=O)C1(c2ccc(Br)cc2)CC1. The van der Waals surface area contributed by atoms with Gasteiger partial charge in [0, 0.05) is 4.47 Å². The topological polar surface area (TPSA) is 26.3 Å². The normalized spacial score (nSPS) is 17.2. The monoisotopic (exact) mass is 282 g/mol. The molecule has 0 bridgehead atoms. The quantitative estimate of drug-likeness (QED) is 0.794. The number of rotatable bonds is 3. The number of ether oxygens (including phenoxy) is 1.